The van der Waals surface area contributed by atoms with E-state index in [1.165, 1.54) is 17.8 Å². The molecular formula is C29H33N7O4S. The minimum Gasteiger partial charge on any atom is -0.421 e. The first-order valence-electron chi connectivity index (χ1n) is 13.9. The topological polar surface area (TPSA) is 138 Å². The van der Waals surface area contributed by atoms with Crippen LogP contribution in [0.15, 0.2) is 53.7 Å². The molecule has 5 atom stereocenters. The third kappa shape index (κ3) is 5.29. The van der Waals surface area contributed by atoms with Gasteiger partial charge in [-0.1, -0.05) is 24.4 Å². The maximum absolute atomic E-state index is 13.6. The summed E-state index contributed by atoms with van der Waals surface area (Å²) < 4.78 is 5.86. The molecule has 3 unspecified atom stereocenters. The van der Waals surface area contributed by atoms with Crippen LogP contribution in [0, 0.1) is 19.8 Å². The van der Waals surface area contributed by atoms with Gasteiger partial charge in [0.05, 0.1) is 28.2 Å². The molecule has 2 saturated heterocycles. The van der Waals surface area contributed by atoms with E-state index in [-0.39, 0.29) is 47.3 Å². The standard InChI is InChI=1S/C29H33N7O4S/c1-4-21(37)33-17-8-6-9-18(17)34-27(38)26-25-24-19(11-12-30-28(24)41-26)36(29(39)35-25)20-14-31-23(13-15(20)2)40-22-10-5-7-16(3)32-22/h4-5,7,10,13-14,17-19,24,28,30H,1,6,8-9,11-12H2,2-3H3,(H,33,37)(H,34,38)(H,35,39)/t17-,18+,19?,24?,28?/m0/s1. The third-order valence-corrected chi connectivity index (χ3v) is 9.44. The highest BCUT2D eigenvalue weighted by molar-refractivity contribution is 8.04. The molecule has 0 spiro atoms. The number of piperidine rings is 1. The SMILES string of the molecule is C=CC(=O)N[C@H]1CCC[C@H]1NC(=O)C1=C2NC(=O)N(c3cnc(Oc4cccc(C)n4)cc3C)C3CCNC(S1)C23. The molecule has 12 heteroatoms. The number of ether oxygens (including phenoxy) is 1. The summed E-state index contributed by atoms with van der Waals surface area (Å²) in [5.74, 6) is 0.302. The number of aromatic nitrogens is 2. The van der Waals surface area contributed by atoms with E-state index in [1.54, 1.807) is 17.2 Å². The van der Waals surface area contributed by atoms with Gasteiger partial charge in [-0.15, -0.1) is 0 Å². The Labute approximate surface area is 242 Å². The maximum atomic E-state index is 13.6. The summed E-state index contributed by atoms with van der Waals surface area (Å²) in [5.41, 5.74) is 3.05. The second-order valence-electron chi connectivity index (χ2n) is 10.8. The molecule has 3 aliphatic heterocycles. The minimum absolute atomic E-state index is 0.0456. The van der Waals surface area contributed by atoms with Crippen molar-refractivity contribution in [2.45, 2.75) is 63.0 Å². The molecule has 4 N–H and O–H groups in total. The van der Waals surface area contributed by atoms with Crippen LogP contribution in [0.1, 0.15) is 36.9 Å². The van der Waals surface area contributed by atoms with Crippen LogP contribution in [0.4, 0.5) is 10.5 Å². The van der Waals surface area contributed by atoms with E-state index in [0.29, 0.717) is 28.0 Å². The van der Waals surface area contributed by atoms with Gasteiger partial charge in [-0.2, -0.15) is 0 Å². The summed E-state index contributed by atoms with van der Waals surface area (Å²) in [7, 11) is 0. The Morgan fingerprint density at radius 1 is 1.17 bits per heavy atom. The van der Waals surface area contributed by atoms with Crippen molar-refractivity contribution < 1.29 is 19.1 Å². The van der Waals surface area contributed by atoms with Gasteiger partial charge >= 0.3 is 6.03 Å². The zero-order valence-electron chi connectivity index (χ0n) is 23.0. The Balaban J connectivity index is 1.22. The fourth-order valence-corrected chi connectivity index (χ4v) is 7.60. The number of amides is 4. The summed E-state index contributed by atoms with van der Waals surface area (Å²) in [6, 6.07) is 6.60. The van der Waals surface area contributed by atoms with E-state index in [0.717, 1.165) is 43.5 Å². The van der Waals surface area contributed by atoms with E-state index >= 15 is 0 Å². The molecule has 2 aromatic heterocycles. The Bertz CT molecular complexity index is 1450. The van der Waals surface area contributed by atoms with Gasteiger partial charge in [0.1, 0.15) is 0 Å². The summed E-state index contributed by atoms with van der Waals surface area (Å²) in [6.07, 6.45) is 6.12. The van der Waals surface area contributed by atoms with Crippen LogP contribution < -0.4 is 30.9 Å². The number of hydrogen-bond acceptors (Lipinski definition) is 8. The molecule has 11 nitrogen and oxygen atoms in total. The predicted octanol–water partition coefficient (Wildman–Crippen LogP) is 3.02. The third-order valence-electron chi connectivity index (χ3n) is 8.08. The lowest BCUT2D eigenvalue weighted by atomic mass is 9.86. The Kier molecular flexibility index (Phi) is 7.43. The van der Waals surface area contributed by atoms with Crippen molar-refractivity contribution in [1.82, 2.24) is 31.2 Å². The molecule has 4 amide bonds. The molecule has 0 aromatic carbocycles. The minimum atomic E-state index is -0.286. The maximum Gasteiger partial charge on any atom is 0.326 e. The highest BCUT2D eigenvalue weighted by Gasteiger charge is 2.52. The summed E-state index contributed by atoms with van der Waals surface area (Å²) in [4.78, 5) is 50.1. The second kappa shape index (κ2) is 11.2. The van der Waals surface area contributed by atoms with Crippen molar-refractivity contribution in [3.63, 3.8) is 0 Å². The molecular weight excluding hydrogens is 542 g/mol. The predicted molar refractivity (Wildman–Crippen MR) is 155 cm³/mol. The number of nitrogens with zero attached hydrogens (tertiary/aromatic N) is 3. The lowest BCUT2D eigenvalue weighted by molar-refractivity contribution is -0.119. The number of nitrogens with one attached hydrogen (secondary N) is 4. The van der Waals surface area contributed by atoms with Gasteiger partial charge in [-0.25, -0.2) is 14.8 Å². The fraction of sp³-hybridized carbons (Fsp3) is 0.414. The first-order chi connectivity index (χ1) is 19.8. The van der Waals surface area contributed by atoms with Gasteiger partial charge in [-0.05, 0) is 63.8 Å². The van der Waals surface area contributed by atoms with Crippen LogP contribution in [-0.4, -0.2) is 57.9 Å². The quantitative estimate of drug-likeness (QED) is 0.370. The highest BCUT2D eigenvalue weighted by Crippen LogP contribution is 2.48. The lowest BCUT2D eigenvalue weighted by Crippen LogP contribution is -2.62. The number of thioether (sulfide) groups is 1. The van der Waals surface area contributed by atoms with Crippen LogP contribution in [0.3, 0.4) is 0 Å². The number of carbonyl (C=O) groups excluding carboxylic acids is 3. The van der Waals surface area contributed by atoms with E-state index in [2.05, 4.69) is 37.8 Å². The lowest BCUT2D eigenvalue weighted by Gasteiger charge is -2.46. The van der Waals surface area contributed by atoms with E-state index in [9.17, 15) is 14.4 Å². The van der Waals surface area contributed by atoms with E-state index in [1.807, 2.05) is 32.0 Å². The van der Waals surface area contributed by atoms with Crippen LogP contribution in [0.5, 0.6) is 11.8 Å². The number of aryl methyl sites for hydroxylation is 2. The average Bonchev–Trinajstić information content (AvgIpc) is 3.54. The van der Waals surface area contributed by atoms with Crippen LogP contribution in [0.2, 0.25) is 0 Å². The Morgan fingerprint density at radius 2 is 1.98 bits per heavy atom. The number of pyridine rings is 2. The molecule has 4 aliphatic rings. The second-order valence-corrected chi connectivity index (χ2v) is 11.9. The summed E-state index contributed by atoms with van der Waals surface area (Å²) >= 11 is 1.46. The molecule has 5 heterocycles. The number of anilines is 1. The molecule has 2 aromatic rings. The Morgan fingerprint density at radius 3 is 2.73 bits per heavy atom. The van der Waals surface area contributed by atoms with Crippen molar-refractivity contribution in [3.8, 4) is 11.8 Å². The first kappa shape index (κ1) is 27.3. The van der Waals surface area contributed by atoms with Gasteiger partial charge in [0.15, 0.2) is 0 Å². The Hall–Kier alpha value is -3.90. The number of rotatable bonds is 7. The highest BCUT2D eigenvalue weighted by atomic mass is 32.2. The molecule has 1 saturated carbocycles. The van der Waals surface area contributed by atoms with Crippen molar-refractivity contribution in [1.29, 1.82) is 0 Å². The van der Waals surface area contributed by atoms with Crippen molar-refractivity contribution in [2.75, 3.05) is 11.4 Å². The average molecular weight is 576 g/mol. The summed E-state index contributed by atoms with van der Waals surface area (Å²) in [6.45, 7) is 8.06. The normalized spacial score (nSPS) is 26.7. The molecule has 1 aliphatic carbocycles. The van der Waals surface area contributed by atoms with E-state index in [4.69, 9.17) is 4.74 Å². The summed E-state index contributed by atoms with van der Waals surface area (Å²) in [5, 5.41) is 12.6. The fourth-order valence-electron chi connectivity index (χ4n) is 6.20. The molecule has 6 rings (SSSR count). The number of hydrogen-bond donors (Lipinski definition) is 4. The van der Waals surface area contributed by atoms with Crippen LogP contribution >= 0.6 is 11.8 Å². The number of urea groups is 1. The first-order valence-corrected chi connectivity index (χ1v) is 14.8. The van der Waals surface area contributed by atoms with Gasteiger partial charge in [0.25, 0.3) is 5.91 Å². The zero-order chi connectivity index (χ0) is 28.7. The van der Waals surface area contributed by atoms with Gasteiger partial charge in [0, 0.05) is 41.5 Å². The van der Waals surface area contributed by atoms with E-state index < -0.39 is 0 Å². The monoisotopic (exact) mass is 575 g/mol. The molecule has 0 bridgehead atoms. The van der Waals surface area contributed by atoms with Gasteiger partial charge in [-0.3, -0.25) is 14.5 Å². The van der Waals surface area contributed by atoms with Gasteiger partial charge < -0.3 is 26.0 Å². The molecule has 0 radical (unpaired) electrons. The number of carbonyl (C=O) groups is 3. The zero-order valence-corrected chi connectivity index (χ0v) is 23.8. The van der Waals surface area contributed by atoms with Crippen LogP contribution in [-0.2, 0) is 9.59 Å². The van der Waals surface area contributed by atoms with Crippen LogP contribution in [0.25, 0.3) is 0 Å². The van der Waals surface area contributed by atoms with Crippen molar-refractivity contribution in [2.24, 2.45) is 5.92 Å². The molecule has 3 fully saturated rings. The smallest absolute Gasteiger partial charge is 0.326 e. The molecule has 41 heavy (non-hydrogen) atoms. The van der Waals surface area contributed by atoms with Gasteiger partial charge in [0.2, 0.25) is 17.7 Å². The van der Waals surface area contributed by atoms with Crippen molar-refractivity contribution in [3.05, 3.63) is 65.0 Å². The largest absolute Gasteiger partial charge is 0.421 e. The van der Waals surface area contributed by atoms with Crippen molar-refractivity contribution >= 4 is 35.3 Å². The molecule has 214 valence electrons.